The van der Waals surface area contributed by atoms with Gasteiger partial charge in [-0.15, -0.1) is 0 Å². The Bertz CT molecular complexity index is 687. The van der Waals surface area contributed by atoms with Crippen molar-refractivity contribution >= 4 is 46.3 Å². The quantitative estimate of drug-likeness (QED) is 0.589. The molecule has 1 unspecified atom stereocenters. The standard InChI is InChI=1S/C17H19NO4S2/c1-3-4-8-12(16(20)21)18-15(19)14(24-17(18)23)10-11-7-5-6-9-13(11)22-2/h5-7,9-10,12H,3-4,8H2,1-2H3,(H,20,21). The summed E-state index contributed by atoms with van der Waals surface area (Å²) in [6.07, 6.45) is 3.66. The summed E-state index contributed by atoms with van der Waals surface area (Å²) in [6.45, 7) is 1.98. The molecule has 0 radical (unpaired) electrons. The number of thiocarbonyl (C=S) groups is 1. The van der Waals surface area contributed by atoms with Gasteiger partial charge in [-0.25, -0.2) is 4.79 Å². The first-order valence-electron chi connectivity index (χ1n) is 7.62. The number of amides is 1. The summed E-state index contributed by atoms with van der Waals surface area (Å²) in [5.41, 5.74) is 0.751. The molecular formula is C17H19NO4S2. The van der Waals surface area contributed by atoms with Gasteiger partial charge >= 0.3 is 5.97 Å². The summed E-state index contributed by atoms with van der Waals surface area (Å²) >= 11 is 6.38. The summed E-state index contributed by atoms with van der Waals surface area (Å²) in [5.74, 6) is -0.749. The summed E-state index contributed by atoms with van der Waals surface area (Å²) in [6, 6.07) is 6.40. The van der Waals surface area contributed by atoms with E-state index in [2.05, 4.69) is 0 Å². The molecule has 1 aromatic rings. The first kappa shape index (κ1) is 18.5. The molecule has 0 saturated carbocycles. The number of methoxy groups -OCH3 is 1. The molecule has 1 N–H and O–H groups in total. The number of carboxylic acid groups (broad SMARTS) is 1. The minimum absolute atomic E-state index is 0.282. The zero-order valence-electron chi connectivity index (χ0n) is 13.5. The van der Waals surface area contributed by atoms with Crippen LogP contribution < -0.4 is 4.74 Å². The van der Waals surface area contributed by atoms with Gasteiger partial charge in [0.05, 0.1) is 12.0 Å². The molecule has 0 aliphatic carbocycles. The number of nitrogens with zero attached hydrogens (tertiary/aromatic N) is 1. The summed E-state index contributed by atoms with van der Waals surface area (Å²) < 4.78 is 5.56. The lowest BCUT2D eigenvalue weighted by Gasteiger charge is -2.22. The monoisotopic (exact) mass is 365 g/mol. The van der Waals surface area contributed by atoms with E-state index in [0.29, 0.717) is 17.1 Å². The molecule has 7 heteroatoms. The Labute approximate surface area is 150 Å². The van der Waals surface area contributed by atoms with Gasteiger partial charge < -0.3 is 9.84 Å². The molecule has 1 atom stereocenters. The van der Waals surface area contributed by atoms with Crippen LogP contribution in [0.2, 0.25) is 0 Å². The van der Waals surface area contributed by atoms with Gasteiger partial charge in [-0.05, 0) is 18.6 Å². The lowest BCUT2D eigenvalue weighted by Crippen LogP contribution is -2.43. The SMILES string of the molecule is CCCCC(C(=O)O)N1C(=O)C(=Cc2ccccc2OC)SC1=S. The molecule has 0 bridgehead atoms. The average Bonchev–Trinajstić information content (AvgIpc) is 2.83. The van der Waals surface area contributed by atoms with Crippen molar-refractivity contribution in [2.75, 3.05) is 7.11 Å². The molecule has 2 rings (SSSR count). The maximum Gasteiger partial charge on any atom is 0.326 e. The number of carbonyl (C=O) groups is 2. The van der Waals surface area contributed by atoms with Crippen LogP contribution in [0, 0.1) is 0 Å². The number of aliphatic carboxylic acids is 1. The zero-order valence-corrected chi connectivity index (χ0v) is 15.2. The number of hydrogen-bond acceptors (Lipinski definition) is 5. The fourth-order valence-corrected chi connectivity index (χ4v) is 3.78. The lowest BCUT2D eigenvalue weighted by molar-refractivity contribution is -0.145. The molecule has 1 aliphatic rings. The molecule has 1 saturated heterocycles. The number of ether oxygens (including phenoxy) is 1. The zero-order chi connectivity index (χ0) is 17.7. The van der Waals surface area contributed by atoms with E-state index in [1.165, 1.54) is 4.90 Å². The molecule has 24 heavy (non-hydrogen) atoms. The Morgan fingerprint density at radius 2 is 2.17 bits per heavy atom. The molecule has 1 aliphatic heterocycles. The molecule has 0 spiro atoms. The van der Waals surface area contributed by atoms with Gasteiger partial charge in [-0.2, -0.15) is 0 Å². The van der Waals surface area contributed by atoms with E-state index in [9.17, 15) is 14.7 Å². The van der Waals surface area contributed by atoms with Crippen LogP contribution in [0.25, 0.3) is 6.08 Å². The molecule has 1 amide bonds. The van der Waals surface area contributed by atoms with Gasteiger partial charge in [0.2, 0.25) is 0 Å². The third kappa shape index (κ3) is 3.96. The molecule has 0 aromatic heterocycles. The van der Waals surface area contributed by atoms with Crippen LogP contribution in [-0.4, -0.2) is 39.4 Å². The van der Waals surface area contributed by atoms with Gasteiger partial charge in [0, 0.05) is 5.56 Å². The smallest absolute Gasteiger partial charge is 0.326 e. The largest absolute Gasteiger partial charge is 0.496 e. The topological polar surface area (TPSA) is 66.8 Å². The Morgan fingerprint density at radius 3 is 2.79 bits per heavy atom. The van der Waals surface area contributed by atoms with E-state index in [1.807, 2.05) is 25.1 Å². The number of unbranched alkanes of at least 4 members (excludes halogenated alkanes) is 1. The van der Waals surface area contributed by atoms with Gasteiger partial charge in [0.1, 0.15) is 16.1 Å². The van der Waals surface area contributed by atoms with Crippen LogP contribution in [0.4, 0.5) is 0 Å². The minimum Gasteiger partial charge on any atom is -0.496 e. The highest BCUT2D eigenvalue weighted by Crippen LogP contribution is 2.36. The third-order valence-electron chi connectivity index (χ3n) is 3.68. The Kier molecular flexibility index (Phi) is 6.39. The average molecular weight is 365 g/mol. The third-order valence-corrected chi connectivity index (χ3v) is 5.01. The van der Waals surface area contributed by atoms with Crippen molar-refractivity contribution in [1.82, 2.24) is 4.90 Å². The van der Waals surface area contributed by atoms with Gasteiger partial charge in [0.15, 0.2) is 0 Å². The molecule has 5 nitrogen and oxygen atoms in total. The van der Waals surface area contributed by atoms with Crippen molar-refractivity contribution in [3.63, 3.8) is 0 Å². The maximum absolute atomic E-state index is 12.7. The van der Waals surface area contributed by atoms with E-state index >= 15 is 0 Å². The van der Waals surface area contributed by atoms with Crippen LogP contribution in [0.1, 0.15) is 31.7 Å². The van der Waals surface area contributed by atoms with E-state index in [0.717, 1.165) is 30.2 Å². The van der Waals surface area contributed by atoms with Crippen molar-refractivity contribution in [1.29, 1.82) is 0 Å². The number of benzene rings is 1. The Balaban J connectivity index is 2.30. The van der Waals surface area contributed by atoms with Crippen molar-refractivity contribution in [2.45, 2.75) is 32.2 Å². The van der Waals surface area contributed by atoms with E-state index in [-0.39, 0.29) is 10.2 Å². The molecule has 1 heterocycles. The molecular weight excluding hydrogens is 346 g/mol. The normalized spacial score (nSPS) is 17.4. The molecule has 128 valence electrons. The van der Waals surface area contributed by atoms with Crippen LogP contribution in [0.3, 0.4) is 0 Å². The van der Waals surface area contributed by atoms with Crippen LogP contribution >= 0.6 is 24.0 Å². The highest BCUT2D eigenvalue weighted by Gasteiger charge is 2.40. The fourth-order valence-electron chi connectivity index (χ4n) is 2.44. The number of carbonyl (C=O) groups excluding carboxylic acids is 1. The van der Waals surface area contributed by atoms with E-state index in [1.54, 1.807) is 19.3 Å². The summed E-state index contributed by atoms with van der Waals surface area (Å²) in [5, 5.41) is 9.45. The second kappa shape index (κ2) is 8.30. The highest BCUT2D eigenvalue weighted by molar-refractivity contribution is 8.26. The fraction of sp³-hybridized carbons (Fsp3) is 0.353. The van der Waals surface area contributed by atoms with Crippen molar-refractivity contribution < 1.29 is 19.4 Å². The van der Waals surface area contributed by atoms with E-state index in [4.69, 9.17) is 17.0 Å². The van der Waals surface area contributed by atoms with Gasteiger partial charge in [0.25, 0.3) is 5.91 Å². The number of carboxylic acids is 1. The number of thioether (sulfide) groups is 1. The maximum atomic E-state index is 12.7. The first-order valence-corrected chi connectivity index (χ1v) is 8.85. The minimum atomic E-state index is -1.03. The van der Waals surface area contributed by atoms with Gasteiger partial charge in [-0.3, -0.25) is 9.69 Å². The summed E-state index contributed by atoms with van der Waals surface area (Å²) in [4.78, 5) is 25.9. The van der Waals surface area contributed by atoms with Crippen molar-refractivity contribution in [2.24, 2.45) is 0 Å². The Hall–Kier alpha value is -1.86. The lowest BCUT2D eigenvalue weighted by atomic mass is 10.1. The van der Waals surface area contributed by atoms with Crippen molar-refractivity contribution in [3.8, 4) is 5.75 Å². The van der Waals surface area contributed by atoms with Crippen LogP contribution in [-0.2, 0) is 9.59 Å². The highest BCUT2D eigenvalue weighted by atomic mass is 32.2. The second-order valence-corrected chi connectivity index (χ2v) is 6.97. The van der Waals surface area contributed by atoms with E-state index < -0.39 is 12.0 Å². The predicted molar refractivity (Wildman–Crippen MR) is 99.0 cm³/mol. The van der Waals surface area contributed by atoms with Crippen LogP contribution in [0.5, 0.6) is 5.75 Å². The predicted octanol–water partition coefficient (Wildman–Crippen LogP) is 3.54. The number of para-hydroxylation sites is 1. The Morgan fingerprint density at radius 1 is 1.46 bits per heavy atom. The number of rotatable bonds is 7. The molecule has 1 aromatic carbocycles. The molecule has 1 fully saturated rings. The second-order valence-electron chi connectivity index (χ2n) is 5.29. The van der Waals surface area contributed by atoms with Gasteiger partial charge in [-0.1, -0.05) is 61.9 Å². The summed E-state index contributed by atoms with van der Waals surface area (Å²) in [7, 11) is 1.56. The first-order chi connectivity index (χ1) is 11.5. The number of hydrogen-bond donors (Lipinski definition) is 1. The van der Waals surface area contributed by atoms with Crippen molar-refractivity contribution in [3.05, 3.63) is 34.7 Å². The van der Waals surface area contributed by atoms with Crippen LogP contribution in [0.15, 0.2) is 29.2 Å².